The smallest absolute Gasteiger partial charge is 0.216 e. The van der Waals surface area contributed by atoms with Crippen molar-refractivity contribution in [2.75, 3.05) is 32.1 Å². The fourth-order valence-corrected chi connectivity index (χ4v) is 3.51. The van der Waals surface area contributed by atoms with Gasteiger partial charge in [0, 0.05) is 25.7 Å². The van der Waals surface area contributed by atoms with Crippen molar-refractivity contribution >= 4 is 10.0 Å². The van der Waals surface area contributed by atoms with E-state index in [1.165, 1.54) is 0 Å². The summed E-state index contributed by atoms with van der Waals surface area (Å²) in [4.78, 5) is 0. The van der Waals surface area contributed by atoms with Crippen molar-refractivity contribution in [3.05, 3.63) is 0 Å². The second kappa shape index (κ2) is 6.68. The van der Waals surface area contributed by atoms with E-state index in [4.69, 9.17) is 10.5 Å². The first kappa shape index (κ1) is 14.9. The average molecular weight is 264 g/mol. The van der Waals surface area contributed by atoms with E-state index in [1.54, 1.807) is 4.31 Å². The summed E-state index contributed by atoms with van der Waals surface area (Å²) in [5.74, 6) is 0.359. The predicted molar refractivity (Wildman–Crippen MR) is 68.2 cm³/mol. The fraction of sp³-hybridized carbons (Fsp3) is 1.00. The number of nitrogens with zero attached hydrogens (tertiary/aromatic N) is 1. The third-order valence-electron chi connectivity index (χ3n) is 3.25. The second-order valence-electron chi connectivity index (χ2n) is 4.63. The first-order valence-corrected chi connectivity index (χ1v) is 7.89. The molecule has 2 unspecified atom stereocenters. The lowest BCUT2D eigenvalue weighted by atomic mass is 9.93. The Kier molecular flexibility index (Phi) is 5.85. The predicted octanol–water partition coefficient (Wildman–Crippen LogP) is 0.412. The van der Waals surface area contributed by atoms with E-state index in [2.05, 4.69) is 0 Å². The van der Waals surface area contributed by atoms with E-state index in [0.29, 0.717) is 19.7 Å². The molecule has 0 spiro atoms. The van der Waals surface area contributed by atoms with E-state index < -0.39 is 10.0 Å². The molecule has 0 amide bonds. The van der Waals surface area contributed by atoms with Gasteiger partial charge in [0.05, 0.1) is 12.4 Å². The first-order chi connectivity index (χ1) is 7.97. The number of nitrogens with two attached hydrogens (primary N) is 1. The SMILES string of the molecule is CCOCCS(=O)(=O)N1CCCC(C(C)N)C1. The van der Waals surface area contributed by atoms with Gasteiger partial charge in [0.2, 0.25) is 10.0 Å². The van der Waals surface area contributed by atoms with Gasteiger partial charge in [0.25, 0.3) is 0 Å². The maximum atomic E-state index is 12.0. The molecule has 0 aromatic rings. The molecule has 1 saturated heterocycles. The summed E-state index contributed by atoms with van der Waals surface area (Å²) in [5, 5.41) is 0. The number of rotatable bonds is 6. The van der Waals surface area contributed by atoms with Crippen LogP contribution in [-0.4, -0.2) is 50.8 Å². The van der Waals surface area contributed by atoms with Crippen LogP contribution in [0.3, 0.4) is 0 Å². The van der Waals surface area contributed by atoms with Gasteiger partial charge < -0.3 is 10.5 Å². The molecule has 0 radical (unpaired) electrons. The van der Waals surface area contributed by atoms with Crippen molar-refractivity contribution in [2.45, 2.75) is 32.7 Å². The third-order valence-corrected chi connectivity index (χ3v) is 5.05. The molecule has 5 nitrogen and oxygen atoms in total. The highest BCUT2D eigenvalue weighted by Crippen LogP contribution is 2.21. The van der Waals surface area contributed by atoms with Crippen LogP contribution < -0.4 is 5.73 Å². The number of piperidine rings is 1. The van der Waals surface area contributed by atoms with Crippen LogP contribution in [0.4, 0.5) is 0 Å². The van der Waals surface area contributed by atoms with Gasteiger partial charge in [-0.2, -0.15) is 0 Å². The Balaban J connectivity index is 2.52. The van der Waals surface area contributed by atoms with E-state index in [1.807, 2.05) is 13.8 Å². The molecule has 2 N–H and O–H groups in total. The zero-order valence-corrected chi connectivity index (χ0v) is 11.6. The minimum absolute atomic E-state index is 0.0555. The fourth-order valence-electron chi connectivity index (χ4n) is 2.09. The standard InChI is InChI=1S/C11H24N2O3S/c1-3-16-7-8-17(14,15)13-6-4-5-11(9-13)10(2)12/h10-11H,3-9,12H2,1-2H3. The van der Waals surface area contributed by atoms with E-state index in [9.17, 15) is 8.42 Å². The van der Waals surface area contributed by atoms with Gasteiger partial charge in [-0.3, -0.25) is 0 Å². The molecule has 0 saturated carbocycles. The highest BCUT2D eigenvalue weighted by atomic mass is 32.2. The molecule has 0 aromatic carbocycles. The van der Waals surface area contributed by atoms with Crippen molar-refractivity contribution in [2.24, 2.45) is 11.7 Å². The van der Waals surface area contributed by atoms with Crippen molar-refractivity contribution in [3.63, 3.8) is 0 Å². The Morgan fingerprint density at radius 2 is 2.24 bits per heavy atom. The molecule has 1 fully saturated rings. The number of hydrogen-bond donors (Lipinski definition) is 1. The van der Waals surface area contributed by atoms with Gasteiger partial charge in [-0.15, -0.1) is 0 Å². The van der Waals surface area contributed by atoms with Crippen molar-refractivity contribution < 1.29 is 13.2 Å². The quantitative estimate of drug-likeness (QED) is 0.705. The molecule has 1 aliphatic heterocycles. The molecule has 102 valence electrons. The second-order valence-corrected chi connectivity index (χ2v) is 6.72. The van der Waals surface area contributed by atoms with Crippen molar-refractivity contribution in [1.29, 1.82) is 0 Å². The van der Waals surface area contributed by atoms with Gasteiger partial charge in [-0.25, -0.2) is 12.7 Å². The number of ether oxygens (including phenoxy) is 1. The van der Waals surface area contributed by atoms with Gasteiger partial charge in [-0.1, -0.05) is 0 Å². The molecule has 1 heterocycles. The molecule has 1 aliphatic rings. The molecule has 1 rings (SSSR count). The minimum atomic E-state index is -3.17. The number of sulfonamides is 1. The van der Waals surface area contributed by atoms with Crippen LogP contribution in [0.2, 0.25) is 0 Å². The highest BCUT2D eigenvalue weighted by molar-refractivity contribution is 7.89. The molecule has 6 heteroatoms. The summed E-state index contributed by atoms with van der Waals surface area (Å²) in [7, 11) is -3.17. The lowest BCUT2D eigenvalue weighted by Crippen LogP contribution is -2.46. The normalized spacial score (nSPS) is 24.8. The lowest BCUT2D eigenvalue weighted by molar-refractivity contribution is 0.161. The van der Waals surface area contributed by atoms with Crippen LogP contribution in [0, 0.1) is 5.92 Å². The van der Waals surface area contributed by atoms with Crippen LogP contribution in [-0.2, 0) is 14.8 Å². The third kappa shape index (κ3) is 4.54. The van der Waals surface area contributed by atoms with E-state index in [-0.39, 0.29) is 24.3 Å². The molecule has 0 aliphatic carbocycles. The average Bonchev–Trinajstić information content (AvgIpc) is 2.29. The van der Waals surface area contributed by atoms with Gasteiger partial charge in [0.1, 0.15) is 0 Å². The Labute approximate surface area is 104 Å². The summed E-state index contributed by atoms with van der Waals surface area (Å²) in [6.07, 6.45) is 1.93. The van der Waals surface area contributed by atoms with Gasteiger partial charge in [-0.05, 0) is 32.6 Å². The molecule has 0 bridgehead atoms. The molecular weight excluding hydrogens is 240 g/mol. The Hall–Kier alpha value is -0.170. The summed E-state index contributed by atoms with van der Waals surface area (Å²) in [6.45, 7) is 5.82. The van der Waals surface area contributed by atoms with Gasteiger partial charge in [0.15, 0.2) is 0 Å². The van der Waals surface area contributed by atoms with Crippen molar-refractivity contribution in [3.8, 4) is 0 Å². The summed E-state index contributed by atoms with van der Waals surface area (Å²) >= 11 is 0. The number of hydrogen-bond acceptors (Lipinski definition) is 4. The molecule has 0 aromatic heterocycles. The maximum absolute atomic E-state index is 12.0. The Bertz CT molecular complexity index is 317. The highest BCUT2D eigenvalue weighted by Gasteiger charge is 2.29. The Morgan fingerprint density at radius 1 is 1.53 bits per heavy atom. The molecule has 17 heavy (non-hydrogen) atoms. The van der Waals surface area contributed by atoms with Gasteiger partial charge >= 0.3 is 0 Å². The van der Waals surface area contributed by atoms with Crippen LogP contribution in [0.5, 0.6) is 0 Å². The maximum Gasteiger partial charge on any atom is 0.216 e. The summed E-state index contributed by atoms with van der Waals surface area (Å²) in [5.41, 5.74) is 5.85. The molecule has 2 atom stereocenters. The largest absolute Gasteiger partial charge is 0.381 e. The Morgan fingerprint density at radius 3 is 2.82 bits per heavy atom. The summed E-state index contributed by atoms with van der Waals surface area (Å²) < 4.78 is 30.7. The van der Waals surface area contributed by atoms with Crippen LogP contribution in [0.15, 0.2) is 0 Å². The van der Waals surface area contributed by atoms with Crippen LogP contribution in [0.1, 0.15) is 26.7 Å². The van der Waals surface area contributed by atoms with E-state index >= 15 is 0 Å². The first-order valence-electron chi connectivity index (χ1n) is 6.28. The topological polar surface area (TPSA) is 72.6 Å². The zero-order valence-electron chi connectivity index (χ0n) is 10.8. The minimum Gasteiger partial charge on any atom is -0.381 e. The van der Waals surface area contributed by atoms with Crippen LogP contribution in [0.25, 0.3) is 0 Å². The zero-order chi connectivity index (χ0) is 12.9. The van der Waals surface area contributed by atoms with Crippen LogP contribution >= 0.6 is 0 Å². The van der Waals surface area contributed by atoms with Crippen molar-refractivity contribution in [1.82, 2.24) is 4.31 Å². The lowest BCUT2D eigenvalue weighted by Gasteiger charge is -2.33. The monoisotopic (exact) mass is 264 g/mol. The summed E-state index contributed by atoms with van der Waals surface area (Å²) in [6, 6.07) is 0.0555. The van der Waals surface area contributed by atoms with E-state index in [0.717, 1.165) is 12.8 Å². The molecular formula is C11H24N2O3S.